The maximum absolute atomic E-state index is 13.0. The molecule has 0 bridgehead atoms. The first kappa shape index (κ1) is 22.9. The summed E-state index contributed by atoms with van der Waals surface area (Å²) in [5.74, 6) is 0.940. The van der Waals surface area contributed by atoms with Crippen LogP contribution in [0.5, 0.6) is 11.5 Å². The van der Waals surface area contributed by atoms with Gasteiger partial charge in [-0.3, -0.25) is 14.2 Å². The number of rotatable bonds is 6. The van der Waals surface area contributed by atoms with E-state index in [1.807, 2.05) is 6.92 Å². The molecule has 2 aliphatic rings. The summed E-state index contributed by atoms with van der Waals surface area (Å²) < 4.78 is 33.1. The second kappa shape index (κ2) is 9.27. The minimum Gasteiger partial charge on any atom is -0.454 e. The number of ketones is 1. The fourth-order valence-corrected chi connectivity index (χ4v) is 5.92. The van der Waals surface area contributed by atoms with Crippen molar-refractivity contribution in [2.45, 2.75) is 30.0 Å². The van der Waals surface area contributed by atoms with Crippen molar-refractivity contribution in [3.8, 4) is 11.5 Å². The van der Waals surface area contributed by atoms with Crippen molar-refractivity contribution in [2.75, 3.05) is 26.3 Å². The van der Waals surface area contributed by atoms with Crippen LogP contribution in [0.4, 0.5) is 5.69 Å². The minimum atomic E-state index is -3.16. The van der Waals surface area contributed by atoms with E-state index in [0.717, 1.165) is 11.1 Å². The lowest BCUT2D eigenvalue weighted by atomic mass is 9.97. The number of fused-ring (bicyclic) bond motifs is 2. The molecule has 0 fully saturated rings. The molecule has 32 heavy (non-hydrogen) atoms. The monoisotopic (exact) mass is 477 g/mol. The van der Waals surface area contributed by atoms with Crippen LogP contribution < -0.4 is 14.8 Å². The lowest BCUT2D eigenvalue weighted by Gasteiger charge is -2.17. The summed E-state index contributed by atoms with van der Waals surface area (Å²) in [6, 6.07) is 10.5. The molecule has 1 unspecified atom stereocenters. The maximum Gasteiger partial charge on any atom is 0.334 e. The van der Waals surface area contributed by atoms with Crippen LogP contribution in [0.15, 0.2) is 36.4 Å². The zero-order valence-electron chi connectivity index (χ0n) is 18.0. The molecule has 1 N–H and O–H groups in total. The average Bonchev–Trinajstić information content (AvgIpc) is 3.21. The number of hydrogen-bond acceptors (Lipinski definition) is 8. The fourth-order valence-electron chi connectivity index (χ4n) is 3.66. The van der Waals surface area contributed by atoms with Crippen molar-refractivity contribution in [1.29, 1.82) is 0 Å². The normalized spacial score (nSPS) is 19.9. The number of carbonyl (C=O) groups is 2. The number of ether oxygens (including phenoxy) is 2. The summed E-state index contributed by atoms with van der Waals surface area (Å²) >= 11 is 1.34. The number of Topliss-reactive ketones (excluding diaryl/α,β-unsaturated/α-hetero) is 1. The van der Waals surface area contributed by atoms with Crippen molar-refractivity contribution < 1.29 is 32.7 Å². The van der Waals surface area contributed by atoms with Crippen molar-refractivity contribution in [2.24, 2.45) is 0 Å². The third-order valence-electron chi connectivity index (χ3n) is 5.45. The van der Waals surface area contributed by atoms with Crippen molar-refractivity contribution in [3.05, 3.63) is 53.1 Å². The van der Waals surface area contributed by atoms with Gasteiger partial charge >= 0.3 is 7.60 Å². The maximum atomic E-state index is 13.0. The molecule has 4 rings (SSSR count). The summed E-state index contributed by atoms with van der Waals surface area (Å²) in [4.78, 5) is 25.9. The Bertz CT molecular complexity index is 1080. The van der Waals surface area contributed by atoms with E-state index >= 15 is 0 Å². The molecule has 0 spiro atoms. The topological polar surface area (TPSA) is 100 Å². The second-order valence-corrected chi connectivity index (χ2v) is 11.3. The van der Waals surface area contributed by atoms with E-state index in [0.29, 0.717) is 29.2 Å². The van der Waals surface area contributed by atoms with Crippen LogP contribution in [0.3, 0.4) is 0 Å². The van der Waals surface area contributed by atoms with Gasteiger partial charge in [0.25, 0.3) is 0 Å². The average molecular weight is 477 g/mol. The van der Waals surface area contributed by atoms with E-state index < -0.39 is 12.8 Å². The third-order valence-corrected chi connectivity index (χ3v) is 8.65. The number of thioether (sulfide) groups is 1. The van der Waals surface area contributed by atoms with Gasteiger partial charge in [-0.05, 0) is 48.7 Å². The highest BCUT2D eigenvalue weighted by Gasteiger charge is 2.34. The summed E-state index contributed by atoms with van der Waals surface area (Å²) in [6.45, 7) is 1.94. The van der Waals surface area contributed by atoms with Gasteiger partial charge in [-0.2, -0.15) is 0 Å². The Balaban J connectivity index is 1.49. The number of anilines is 1. The van der Waals surface area contributed by atoms with Crippen molar-refractivity contribution in [3.63, 3.8) is 0 Å². The van der Waals surface area contributed by atoms with Gasteiger partial charge in [-0.1, -0.05) is 12.1 Å². The van der Waals surface area contributed by atoms with Gasteiger partial charge in [-0.15, -0.1) is 11.8 Å². The number of carbonyl (C=O) groups excluding carboxylic acids is 2. The van der Waals surface area contributed by atoms with Crippen LogP contribution in [0.2, 0.25) is 0 Å². The minimum absolute atomic E-state index is 0.0244. The molecule has 2 atom stereocenters. The molecule has 10 heteroatoms. The summed E-state index contributed by atoms with van der Waals surface area (Å²) in [5, 5.41) is 2.10. The Hall–Kier alpha value is -2.32. The fraction of sp³-hybridized carbons (Fsp3) is 0.364. The van der Waals surface area contributed by atoms with Gasteiger partial charge in [0.2, 0.25) is 12.7 Å². The van der Waals surface area contributed by atoms with E-state index in [2.05, 4.69) is 5.32 Å². The lowest BCUT2D eigenvalue weighted by molar-refractivity contribution is -0.115. The largest absolute Gasteiger partial charge is 0.454 e. The highest BCUT2D eigenvalue weighted by atomic mass is 32.2. The summed E-state index contributed by atoms with van der Waals surface area (Å²) in [5.41, 5.74) is 2.73. The highest BCUT2D eigenvalue weighted by Crippen LogP contribution is 2.49. The van der Waals surface area contributed by atoms with Crippen LogP contribution in [-0.4, -0.2) is 43.2 Å². The molecule has 0 saturated heterocycles. The molecule has 2 aromatic rings. The SMILES string of the molecule is COP(=O)(Cc1ccc(NC(=O)C2Cc3cc4c(cc3C(=O)[C@H](C)S2)OCO4)cc1)OC. The first-order valence-corrected chi connectivity index (χ1v) is 12.7. The summed E-state index contributed by atoms with van der Waals surface area (Å²) in [7, 11) is -0.468. The summed E-state index contributed by atoms with van der Waals surface area (Å²) in [6.07, 6.45) is 0.542. The van der Waals surface area contributed by atoms with Gasteiger partial charge in [0.05, 0.1) is 16.7 Å². The molecule has 1 amide bonds. The van der Waals surface area contributed by atoms with Gasteiger partial charge in [-0.25, -0.2) is 0 Å². The number of amides is 1. The smallest absolute Gasteiger partial charge is 0.334 e. The standard InChI is InChI=1S/C22H24NO7PS/c1-13-21(24)17-10-19-18(29-12-30-19)8-15(17)9-20(32-13)22(25)23-16-6-4-14(5-7-16)11-31(26,27-2)28-3/h4-8,10,13,20H,9,11-12H2,1-3H3,(H,23,25)/t13-,20?/m0/s1. The van der Waals surface area contributed by atoms with E-state index in [9.17, 15) is 14.2 Å². The molecule has 8 nitrogen and oxygen atoms in total. The molecule has 2 aliphatic heterocycles. The van der Waals surface area contributed by atoms with Crippen molar-refractivity contribution in [1.82, 2.24) is 0 Å². The molecular formula is C22H24NO7PS. The second-order valence-electron chi connectivity index (χ2n) is 7.52. The van der Waals surface area contributed by atoms with Gasteiger partial charge in [0.1, 0.15) is 0 Å². The zero-order valence-corrected chi connectivity index (χ0v) is 19.7. The molecule has 0 aliphatic carbocycles. The van der Waals surface area contributed by atoms with Gasteiger partial charge in [0.15, 0.2) is 17.3 Å². The molecule has 0 aromatic heterocycles. The third kappa shape index (κ3) is 4.71. The van der Waals surface area contributed by atoms with Gasteiger partial charge in [0, 0.05) is 25.5 Å². The molecule has 2 aromatic carbocycles. The van der Waals surface area contributed by atoms with E-state index in [1.54, 1.807) is 36.4 Å². The van der Waals surface area contributed by atoms with E-state index in [4.69, 9.17) is 18.5 Å². The van der Waals surface area contributed by atoms with Crippen LogP contribution >= 0.6 is 19.4 Å². The van der Waals surface area contributed by atoms with Gasteiger partial charge < -0.3 is 23.8 Å². The zero-order chi connectivity index (χ0) is 22.9. The molecule has 0 radical (unpaired) electrons. The first-order chi connectivity index (χ1) is 15.3. The first-order valence-electron chi connectivity index (χ1n) is 10.0. The Morgan fingerprint density at radius 1 is 1.16 bits per heavy atom. The van der Waals surface area contributed by atoms with Crippen LogP contribution in [0.25, 0.3) is 0 Å². The predicted octanol–water partition coefficient (Wildman–Crippen LogP) is 4.27. The molecule has 0 saturated carbocycles. The molecule has 2 heterocycles. The number of nitrogens with one attached hydrogen (secondary N) is 1. The Morgan fingerprint density at radius 3 is 2.47 bits per heavy atom. The van der Waals surface area contributed by atoms with Crippen molar-refractivity contribution >= 4 is 36.7 Å². The molecule has 170 valence electrons. The number of benzene rings is 2. The van der Waals surface area contributed by atoms with E-state index in [1.165, 1.54) is 26.0 Å². The molecular weight excluding hydrogens is 453 g/mol. The Morgan fingerprint density at radius 2 is 1.81 bits per heavy atom. The van der Waals surface area contributed by atoms with Crippen LogP contribution in [0, 0.1) is 0 Å². The van der Waals surface area contributed by atoms with Crippen LogP contribution in [-0.2, 0) is 31.0 Å². The number of hydrogen-bond donors (Lipinski definition) is 1. The Labute approximate surface area is 190 Å². The lowest BCUT2D eigenvalue weighted by Crippen LogP contribution is -2.28. The quantitative estimate of drug-likeness (QED) is 0.616. The Kier molecular flexibility index (Phi) is 6.62. The predicted molar refractivity (Wildman–Crippen MR) is 122 cm³/mol. The van der Waals surface area contributed by atoms with Crippen LogP contribution in [0.1, 0.15) is 28.4 Å². The van der Waals surface area contributed by atoms with E-state index in [-0.39, 0.29) is 29.9 Å². The highest BCUT2D eigenvalue weighted by molar-refractivity contribution is 8.02.